The summed E-state index contributed by atoms with van der Waals surface area (Å²) in [6, 6.07) is -0.124. The molecule has 0 saturated carbocycles. The number of nitrogens with zero attached hydrogens (tertiary/aromatic N) is 3. The lowest BCUT2D eigenvalue weighted by Gasteiger charge is -2.60. The van der Waals surface area contributed by atoms with E-state index in [9.17, 15) is 25.1 Å². The summed E-state index contributed by atoms with van der Waals surface area (Å²) in [5.74, 6) is 0.136. The summed E-state index contributed by atoms with van der Waals surface area (Å²) >= 11 is 0. The number of phenols is 2. The minimum absolute atomic E-state index is 0.00871. The number of carbonyl (C=O) groups excluding carboxylic acids is 2. The number of methoxy groups -OCH3 is 4. The first-order chi connectivity index (χ1) is 20.5. The van der Waals surface area contributed by atoms with Gasteiger partial charge in [0, 0.05) is 58.9 Å². The molecular formula is C31H38N4O8. The standard InChI is InChI=1S/C31H38N4O8/c1-13-27(40-5)16-10-19-24-23-17(28(41-6)14(2)30(43-8)26(23)38)9-18(34(24)4)20(11-32)35(19)21(12-33-31(39)15(3)36)22(16)25(37)29(13)42-7/h18-21,24,37-38H,9-10,12H2,1-8H3,(H,33,39)/t18-,19-,20-,21-,24-/m0/s1. The van der Waals surface area contributed by atoms with Crippen molar-refractivity contribution in [3.8, 4) is 40.6 Å². The molecule has 1 fully saturated rings. The Morgan fingerprint density at radius 1 is 0.884 bits per heavy atom. The van der Waals surface area contributed by atoms with Crippen LogP contribution in [0.1, 0.15) is 52.4 Å². The van der Waals surface area contributed by atoms with Gasteiger partial charge in [-0.2, -0.15) is 5.26 Å². The predicted octanol–water partition coefficient (Wildman–Crippen LogP) is 2.23. The second kappa shape index (κ2) is 11.1. The Bertz CT molecular complexity index is 1550. The monoisotopic (exact) mass is 594 g/mol. The van der Waals surface area contributed by atoms with Crippen molar-refractivity contribution in [1.29, 1.82) is 5.26 Å². The molecule has 3 N–H and O–H groups in total. The van der Waals surface area contributed by atoms with E-state index in [1.165, 1.54) is 21.1 Å². The molecule has 0 aliphatic carbocycles. The van der Waals surface area contributed by atoms with E-state index in [1.807, 2.05) is 18.9 Å². The Hall–Kier alpha value is -4.21. The lowest BCUT2D eigenvalue weighted by atomic mass is 9.71. The van der Waals surface area contributed by atoms with Crippen LogP contribution >= 0.6 is 0 Å². The molecule has 230 valence electrons. The Labute approximate surface area is 250 Å². The number of hydrogen-bond donors (Lipinski definition) is 3. The van der Waals surface area contributed by atoms with Crippen LogP contribution in [0.5, 0.6) is 34.5 Å². The fraction of sp³-hybridized carbons (Fsp3) is 0.516. The number of aromatic hydroxyl groups is 2. The number of likely N-dealkylation sites (N-methyl/N-ethyl adjacent to an activating group) is 1. The summed E-state index contributed by atoms with van der Waals surface area (Å²) in [5.41, 5.74) is 3.90. The molecule has 3 heterocycles. The van der Waals surface area contributed by atoms with Gasteiger partial charge >= 0.3 is 0 Å². The number of phenolic OH excluding ortho intramolecular Hbond substituents is 2. The number of rotatable bonds is 7. The number of ketones is 1. The minimum atomic E-state index is -0.773. The van der Waals surface area contributed by atoms with Crippen molar-refractivity contribution in [2.45, 2.75) is 63.8 Å². The zero-order valence-corrected chi connectivity index (χ0v) is 25.7. The summed E-state index contributed by atoms with van der Waals surface area (Å²) in [6.07, 6.45) is 0.739. The van der Waals surface area contributed by atoms with Crippen LogP contribution in [-0.4, -0.2) is 91.9 Å². The molecule has 3 aliphatic rings. The van der Waals surface area contributed by atoms with Crippen LogP contribution in [0.25, 0.3) is 0 Å². The second-order valence-corrected chi connectivity index (χ2v) is 11.3. The molecule has 2 bridgehead atoms. The van der Waals surface area contributed by atoms with Gasteiger partial charge in [0.2, 0.25) is 5.78 Å². The fourth-order valence-electron chi connectivity index (χ4n) is 7.73. The van der Waals surface area contributed by atoms with Gasteiger partial charge in [0.1, 0.15) is 17.5 Å². The average molecular weight is 595 g/mol. The van der Waals surface area contributed by atoms with Crippen LogP contribution in [0.3, 0.4) is 0 Å². The Kier molecular flexibility index (Phi) is 7.83. The topological polar surface area (TPSA) is 154 Å². The molecule has 0 unspecified atom stereocenters. The van der Waals surface area contributed by atoms with Gasteiger partial charge in [-0.3, -0.25) is 19.4 Å². The van der Waals surface area contributed by atoms with Crippen molar-refractivity contribution < 1.29 is 38.7 Å². The quantitative estimate of drug-likeness (QED) is 0.405. The largest absolute Gasteiger partial charge is 0.504 e. The predicted molar refractivity (Wildman–Crippen MR) is 155 cm³/mol. The number of carbonyl (C=O) groups is 2. The number of nitrogens with one attached hydrogen (secondary N) is 1. The van der Waals surface area contributed by atoms with E-state index < -0.39 is 35.9 Å². The van der Waals surface area contributed by atoms with Gasteiger partial charge in [0.25, 0.3) is 5.91 Å². The molecule has 5 rings (SSSR count). The lowest BCUT2D eigenvalue weighted by molar-refractivity contribution is -0.137. The summed E-state index contributed by atoms with van der Waals surface area (Å²) < 4.78 is 22.9. The molecule has 0 aromatic heterocycles. The molecule has 1 amide bonds. The molecule has 5 atom stereocenters. The third kappa shape index (κ3) is 4.24. The Morgan fingerprint density at radius 3 is 1.86 bits per heavy atom. The van der Waals surface area contributed by atoms with Crippen molar-refractivity contribution in [2.24, 2.45) is 0 Å². The maximum Gasteiger partial charge on any atom is 0.287 e. The first kappa shape index (κ1) is 30.3. The van der Waals surface area contributed by atoms with Crippen LogP contribution in [-0.2, 0) is 22.4 Å². The average Bonchev–Trinajstić information content (AvgIpc) is 2.97. The van der Waals surface area contributed by atoms with Gasteiger partial charge in [0.05, 0.1) is 46.6 Å². The summed E-state index contributed by atoms with van der Waals surface area (Å²) in [6.45, 7) is 4.73. The van der Waals surface area contributed by atoms with Gasteiger partial charge in [-0.15, -0.1) is 0 Å². The molecular weight excluding hydrogens is 556 g/mol. The molecule has 43 heavy (non-hydrogen) atoms. The smallest absolute Gasteiger partial charge is 0.287 e. The highest BCUT2D eigenvalue weighted by molar-refractivity contribution is 6.35. The summed E-state index contributed by atoms with van der Waals surface area (Å²) in [4.78, 5) is 28.5. The van der Waals surface area contributed by atoms with E-state index in [1.54, 1.807) is 21.1 Å². The maximum atomic E-state index is 12.5. The number of piperazine rings is 1. The maximum absolute atomic E-state index is 12.5. The number of fused-ring (bicyclic) bond motifs is 7. The van der Waals surface area contributed by atoms with E-state index in [2.05, 4.69) is 16.3 Å². The number of nitriles is 1. The van der Waals surface area contributed by atoms with Crippen molar-refractivity contribution in [2.75, 3.05) is 42.0 Å². The second-order valence-electron chi connectivity index (χ2n) is 11.3. The van der Waals surface area contributed by atoms with Crippen LogP contribution in [0.15, 0.2) is 0 Å². The van der Waals surface area contributed by atoms with Crippen LogP contribution in [0.2, 0.25) is 0 Å². The zero-order chi connectivity index (χ0) is 31.5. The number of ether oxygens (including phenoxy) is 4. The fourth-order valence-corrected chi connectivity index (χ4v) is 7.73. The van der Waals surface area contributed by atoms with Gasteiger partial charge in [-0.05, 0) is 33.7 Å². The Balaban J connectivity index is 1.81. The molecule has 3 aliphatic heterocycles. The number of benzene rings is 2. The SMILES string of the molecule is COc1c(C)c(OC)c2c(c1O)[C@@H]1[C@@H]3Cc4c(OC)c(C)c(OC)c(O)c4[C@H](CNC(=O)C(C)=O)N3[C@@H](C#N)[C@H](C2)N1C. The van der Waals surface area contributed by atoms with E-state index in [4.69, 9.17) is 18.9 Å². The zero-order valence-electron chi connectivity index (χ0n) is 25.7. The molecule has 0 radical (unpaired) electrons. The lowest BCUT2D eigenvalue weighted by Crippen LogP contribution is -2.68. The van der Waals surface area contributed by atoms with E-state index in [0.717, 1.165) is 5.56 Å². The van der Waals surface area contributed by atoms with Gasteiger partial charge in [-0.25, -0.2) is 0 Å². The number of amides is 1. The molecule has 12 nitrogen and oxygen atoms in total. The third-order valence-corrected chi connectivity index (χ3v) is 9.44. The summed E-state index contributed by atoms with van der Waals surface area (Å²) in [7, 11) is 8.01. The van der Waals surface area contributed by atoms with E-state index >= 15 is 0 Å². The normalized spacial score (nSPS) is 24.1. The highest BCUT2D eigenvalue weighted by Crippen LogP contribution is 2.58. The number of hydrogen-bond acceptors (Lipinski definition) is 11. The molecule has 2 aromatic carbocycles. The van der Waals surface area contributed by atoms with Gasteiger partial charge < -0.3 is 34.5 Å². The van der Waals surface area contributed by atoms with E-state index in [-0.39, 0.29) is 29.8 Å². The molecule has 1 saturated heterocycles. The van der Waals surface area contributed by atoms with Gasteiger partial charge in [-0.1, -0.05) is 0 Å². The molecule has 12 heteroatoms. The van der Waals surface area contributed by atoms with Crippen LogP contribution < -0.4 is 24.3 Å². The summed E-state index contributed by atoms with van der Waals surface area (Å²) in [5, 5.41) is 36.7. The third-order valence-electron chi connectivity index (χ3n) is 9.44. The first-order valence-corrected chi connectivity index (χ1v) is 14.1. The van der Waals surface area contributed by atoms with Crippen LogP contribution in [0.4, 0.5) is 0 Å². The van der Waals surface area contributed by atoms with Crippen molar-refractivity contribution >= 4 is 11.7 Å². The highest BCUT2D eigenvalue weighted by Gasteiger charge is 2.57. The van der Waals surface area contributed by atoms with Crippen molar-refractivity contribution in [3.05, 3.63) is 33.4 Å². The van der Waals surface area contributed by atoms with Crippen LogP contribution in [0, 0.1) is 25.2 Å². The minimum Gasteiger partial charge on any atom is -0.504 e. The van der Waals surface area contributed by atoms with E-state index in [0.29, 0.717) is 57.9 Å². The number of Topliss-reactive ketones (excluding diaryl/α,β-unsaturated/α-hetero) is 1. The van der Waals surface area contributed by atoms with Crippen molar-refractivity contribution in [1.82, 2.24) is 15.1 Å². The first-order valence-electron chi connectivity index (χ1n) is 14.1. The van der Waals surface area contributed by atoms with Crippen molar-refractivity contribution in [3.63, 3.8) is 0 Å². The Morgan fingerprint density at radius 2 is 1.37 bits per heavy atom. The van der Waals surface area contributed by atoms with Gasteiger partial charge in [0.15, 0.2) is 23.0 Å². The molecule has 2 aromatic rings. The highest BCUT2D eigenvalue weighted by atomic mass is 16.5. The molecule has 0 spiro atoms.